The molecule has 0 saturated carbocycles. The van der Waals surface area contributed by atoms with Crippen molar-refractivity contribution in [2.45, 2.75) is 6.61 Å². The summed E-state index contributed by atoms with van der Waals surface area (Å²) >= 11 is 0. The van der Waals surface area contributed by atoms with E-state index in [0.29, 0.717) is 6.61 Å². The molecular formula is C11H13F2NO4. The molecule has 0 radical (unpaired) electrons. The zero-order valence-electron chi connectivity index (χ0n) is 9.69. The van der Waals surface area contributed by atoms with Crippen LogP contribution < -0.4 is 10.2 Å². The van der Waals surface area contributed by atoms with Gasteiger partial charge >= 0.3 is 6.61 Å². The fourth-order valence-corrected chi connectivity index (χ4v) is 1.09. The number of amides is 1. The van der Waals surface area contributed by atoms with Crippen molar-refractivity contribution in [3.8, 4) is 5.75 Å². The smallest absolute Gasteiger partial charge is 0.387 e. The molecule has 1 amide bonds. The molecule has 1 aromatic carbocycles. The summed E-state index contributed by atoms with van der Waals surface area (Å²) in [6, 6.07) is 5.26. The van der Waals surface area contributed by atoms with Crippen molar-refractivity contribution in [3.63, 3.8) is 0 Å². The maximum atomic E-state index is 11.9. The van der Waals surface area contributed by atoms with Crippen molar-refractivity contribution < 1.29 is 27.9 Å². The van der Waals surface area contributed by atoms with Crippen LogP contribution in [0.5, 0.6) is 5.75 Å². The summed E-state index contributed by atoms with van der Waals surface area (Å²) in [4.78, 5) is 16.3. The Balaban J connectivity index is 2.43. The average molecular weight is 261 g/mol. The van der Waals surface area contributed by atoms with Gasteiger partial charge in [-0.25, -0.2) is 5.48 Å². The summed E-state index contributed by atoms with van der Waals surface area (Å²) < 4.78 is 32.6. The Morgan fingerprint density at radius 3 is 2.50 bits per heavy atom. The summed E-state index contributed by atoms with van der Waals surface area (Å²) in [5, 5.41) is 0. The summed E-state index contributed by atoms with van der Waals surface area (Å²) in [5.74, 6) is -0.489. The highest BCUT2D eigenvalue weighted by molar-refractivity contribution is 5.93. The number of hydrogen-bond donors (Lipinski definition) is 1. The molecule has 1 rings (SSSR count). The highest BCUT2D eigenvalue weighted by Gasteiger charge is 2.07. The van der Waals surface area contributed by atoms with Gasteiger partial charge in [-0.1, -0.05) is 0 Å². The Morgan fingerprint density at radius 1 is 1.28 bits per heavy atom. The molecule has 0 bridgehead atoms. The maximum Gasteiger partial charge on any atom is 0.387 e. The number of hydroxylamine groups is 1. The normalized spacial score (nSPS) is 10.4. The number of methoxy groups -OCH3 is 1. The summed E-state index contributed by atoms with van der Waals surface area (Å²) in [5.41, 5.74) is 2.46. The second-order valence-corrected chi connectivity index (χ2v) is 3.18. The Kier molecular flexibility index (Phi) is 6.03. The molecule has 18 heavy (non-hydrogen) atoms. The first-order valence-electron chi connectivity index (χ1n) is 5.09. The third-order valence-electron chi connectivity index (χ3n) is 1.90. The van der Waals surface area contributed by atoms with Crippen molar-refractivity contribution >= 4 is 5.91 Å². The first kappa shape index (κ1) is 14.3. The molecule has 0 spiro atoms. The van der Waals surface area contributed by atoms with Gasteiger partial charge in [0.1, 0.15) is 5.75 Å². The lowest BCUT2D eigenvalue weighted by atomic mass is 10.2. The number of carbonyl (C=O) groups is 1. The fourth-order valence-electron chi connectivity index (χ4n) is 1.09. The fraction of sp³-hybridized carbons (Fsp3) is 0.364. The largest absolute Gasteiger partial charge is 0.435 e. The Morgan fingerprint density at radius 2 is 1.94 bits per heavy atom. The van der Waals surface area contributed by atoms with Crippen LogP contribution in [0.25, 0.3) is 0 Å². The lowest BCUT2D eigenvalue weighted by molar-refractivity contribution is -0.0498. The van der Waals surface area contributed by atoms with E-state index in [1.54, 1.807) is 0 Å². The van der Waals surface area contributed by atoms with E-state index in [1.807, 2.05) is 0 Å². The highest BCUT2D eigenvalue weighted by atomic mass is 19.3. The monoisotopic (exact) mass is 261 g/mol. The van der Waals surface area contributed by atoms with E-state index in [4.69, 9.17) is 9.57 Å². The van der Waals surface area contributed by atoms with Crippen LogP contribution in [0.3, 0.4) is 0 Å². The van der Waals surface area contributed by atoms with Crippen molar-refractivity contribution in [3.05, 3.63) is 29.8 Å². The van der Waals surface area contributed by atoms with Crippen molar-refractivity contribution in [1.29, 1.82) is 0 Å². The van der Waals surface area contributed by atoms with Gasteiger partial charge in [-0.3, -0.25) is 9.63 Å². The van der Waals surface area contributed by atoms with Gasteiger partial charge in [-0.15, -0.1) is 0 Å². The zero-order chi connectivity index (χ0) is 13.4. The molecule has 1 aromatic rings. The van der Waals surface area contributed by atoms with E-state index in [1.165, 1.54) is 31.4 Å². The van der Waals surface area contributed by atoms with Gasteiger partial charge < -0.3 is 9.47 Å². The van der Waals surface area contributed by atoms with Crippen LogP contribution in [0.15, 0.2) is 24.3 Å². The molecule has 0 aromatic heterocycles. The second kappa shape index (κ2) is 7.57. The predicted octanol–water partition coefficient (Wildman–Crippen LogP) is 1.60. The standard InChI is InChI=1S/C11H13F2NO4/c1-16-6-7-17-14-10(15)8-2-4-9(5-3-8)18-11(12)13/h2-5,11H,6-7H2,1H3,(H,14,15). The minimum absolute atomic E-state index is 0.0122. The van der Waals surface area contributed by atoms with Crippen LogP contribution in [0.4, 0.5) is 8.78 Å². The molecule has 100 valence electrons. The molecule has 0 saturated heterocycles. The van der Waals surface area contributed by atoms with E-state index in [9.17, 15) is 13.6 Å². The minimum Gasteiger partial charge on any atom is -0.435 e. The predicted molar refractivity (Wildman–Crippen MR) is 58.4 cm³/mol. The van der Waals surface area contributed by atoms with Crippen LogP contribution >= 0.6 is 0 Å². The number of benzene rings is 1. The third-order valence-corrected chi connectivity index (χ3v) is 1.90. The van der Waals surface area contributed by atoms with E-state index in [-0.39, 0.29) is 17.9 Å². The average Bonchev–Trinajstić information content (AvgIpc) is 2.34. The number of alkyl halides is 2. The Hall–Kier alpha value is -1.73. The SMILES string of the molecule is COCCONC(=O)c1ccc(OC(F)F)cc1. The van der Waals surface area contributed by atoms with Crippen LogP contribution in [0.2, 0.25) is 0 Å². The molecule has 0 heterocycles. The van der Waals surface area contributed by atoms with E-state index in [0.717, 1.165) is 0 Å². The molecule has 1 N–H and O–H groups in total. The maximum absolute atomic E-state index is 11.9. The van der Waals surface area contributed by atoms with E-state index < -0.39 is 12.5 Å². The van der Waals surface area contributed by atoms with Gasteiger partial charge in [0.2, 0.25) is 0 Å². The van der Waals surface area contributed by atoms with Crippen molar-refractivity contribution in [2.75, 3.05) is 20.3 Å². The van der Waals surface area contributed by atoms with Gasteiger partial charge in [0.15, 0.2) is 0 Å². The number of hydrogen-bond acceptors (Lipinski definition) is 4. The van der Waals surface area contributed by atoms with Crippen LogP contribution in [-0.4, -0.2) is 32.8 Å². The third kappa shape index (κ3) is 5.07. The molecule has 7 heteroatoms. The van der Waals surface area contributed by atoms with Gasteiger partial charge in [0, 0.05) is 12.7 Å². The first-order valence-corrected chi connectivity index (χ1v) is 5.09. The van der Waals surface area contributed by atoms with Crippen molar-refractivity contribution in [2.24, 2.45) is 0 Å². The second-order valence-electron chi connectivity index (χ2n) is 3.18. The van der Waals surface area contributed by atoms with Crippen LogP contribution in [0, 0.1) is 0 Å². The van der Waals surface area contributed by atoms with Crippen LogP contribution in [-0.2, 0) is 9.57 Å². The molecule has 0 aliphatic heterocycles. The van der Waals surface area contributed by atoms with Gasteiger partial charge in [-0.05, 0) is 24.3 Å². The summed E-state index contributed by atoms with van der Waals surface area (Å²) in [6.07, 6.45) is 0. The number of carbonyl (C=O) groups excluding carboxylic acids is 1. The lowest BCUT2D eigenvalue weighted by Gasteiger charge is -2.07. The number of halogens is 2. The lowest BCUT2D eigenvalue weighted by Crippen LogP contribution is -2.25. The zero-order valence-corrected chi connectivity index (χ0v) is 9.69. The first-order chi connectivity index (χ1) is 8.63. The van der Waals surface area contributed by atoms with Crippen LogP contribution in [0.1, 0.15) is 10.4 Å². The molecule has 5 nitrogen and oxygen atoms in total. The number of ether oxygens (including phenoxy) is 2. The van der Waals surface area contributed by atoms with E-state index >= 15 is 0 Å². The Labute approximate surface area is 103 Å². The molecule has 0 fully saturated rings. The Bertz CT molecular complexity index is 370. The van der Waals surface area contributed by atoms with Gasteiger partial charge in [0.05, 0.1) is 13.2 Å². The topological polar surface area (TPSA) is 56.8 Å². The number of rotatable bonds is 7. The molecule has 0 aliphatic carbocycles. The quantitative estimate of drug-likeness (QED) is 0.598. The summed E-state index contributed by atoms with van der Waals surface area (Å²) in [7, 11) is 1.51. The molecular weight excluding hydrogens is 248 g/mol. The molecule has 0 atom stereocenters. The van der Waals surface area contributed by atoms with Gasteiger partial charge in [-0.2, -0.15) is 8.78 Å². The van der Waals surface area contributed by atoms with E-state index in [2.05, 4.69) is 10.2 Å². The molecule has 0 unspecified atom stereocenters. The van der Waals surface area contributed by atoms with Crippen molar-refractivity contribution in [1.82, 2.24) is 5.48 Å². The minimum atomic E-state index is -2.89. The summed E-state index contributed by atoms with van der Waals surface area (Å²) in [6.45, 7) is -2.32. The highest BCUT2D eigenvalue weighted by Crippen LogP contribution is 2.14. The van der Waals surface area contributed by atoms with Gasteiger partial charge in [0.25, 0.3) is 5.91 Å². The number of nitrogens with one attached hydrogen (secondary N) is 1. The molecule has 0 aliphatic rings.